The molecule has 0 saturated heterocycles. The quantitative estimate of drug-likeness (QED) is 0.760. The minimum absolute atomic E-state index is 0.119. The van der Waals surface area contributed by atoms with E-state index in [1.807, 2.05) is 34.2 Å². The molecular weight excluding hydrogens is 353 g/mol. The Kier molecular flexibility index (Phi) is 2.76. The Hall–Kier alpha value is -3.14. The molecule has 6 rings (SSSR count). The van der Waals surface area contributed by atoms with Gasteiger partial charge in [-0.2, -0.15) is 10.1 Å². The second-order valence-electron chi connectivity index (χ2n) is 6.91. The first-order valence-corrected chi connectivity index (χ1v) is 8.73. The Morgan fingerprint density at radius 1 is 1.26 bits per heavy atom. The Morgan fingerprint density at radius 3 is 2.93 bits per heavy atom. The average molecular weight is 369 g/mol. The lowest BCUT2D eigenvalue weighted by atomic mass is 10.1. The van der Waals surface area contributed by atoms with Gasteiger partial charge in [0.15, 0.2) is 11.7 Å². The number of hydrogen-bond donors (Lipinski definition) is 0. The summed E-state index contributed by atoms with van der Waals surface area (Å²) in [5, 5.41) is 8.39. The summed E-state index contributed by atoms with van der Waals surface area (Å²) < 4.78 is 25.1. The number of halogens is 1. The van der Waals surface area contributed by atoms with Crippen LogP contribution < -0.4 is 9.91 Å². The first-order valence-electron chi connectivity index (χ1n) is 8.73. The molecule has 1 aliphatic carbocycles. The van der Waals surface area contributed by atoms with Gasteiger partial charge in [-0.15, -0.1) is 0 Å². The fourth-order valence-electron chi connectivity index (χ4n) is 3.80. The van der Waals surface area contributed by atoms with Crippen LogP contribution in [0.4, 0.5) is 16.1 Å². The molecule has 27 heavy (non-hydrogen) atoms. The number of aliphatic imine (C=N–C) groups is 1. The highest BCUT2D eigenvalue weighted by atomic mass is 19.2. The summed E-state index contributed by atoms with van der Waals surface area (Å²) >= 11 is 0. The van der Waals surface area contributed by atoms with Crippen molar-refractivity contribution in [3.63, 3.8) is 0 Å². The van der Waals surface area contributed by atoms with Gasteiger partial charge >= 0.3 is 0 Å². The number of hydrogen-bond acceptors (Lipinski definition) is 9. The van der Waals surface area contributed by atoms with E-state index in [4.69, 9.17) is 9.26 Å². The van der Waals surface area contributed by atoms with Gasteiger partial charge in [-0.3, -0.25) is 0 Å². The van der Waals surface area contributed by atoms with Gasteiger partial charge in [-0.05, 0) is 30.1 Å². The molecule has 10 heteroatoms. The lowest BCUT2D eigenvalue weighted by Crippen LogP contribution is -2.49. The van der Waals surface area contributed by atoms with E-state index in [0.29, 0.717) is 29.5 Å². The molecule has 0 N–H and O–H groups in total. The van der Waals surface area contributed by atoms with Gasteiger partial charge in [0.05, 0.1) is 11.9 Å². The van der Waals surface area contributed by atoms with E-state index in [9.17, 15) is 4.48 Å². The minimum atomic E-state index is -0.461. The van der Waals surface area contributed by atoms with Crippen LogP contribution >= 0.6 is 0 Å². The topological polar surface area (TPSA) is 73.5 Å². The molecule has 3 aliphatic heterocycles. The molecule has 1 aromatic carbocycles. The molecular formula is C17H16FN7O2. The molecule has 1 aromatic heterocycles. The normalized spacial score (nSPS) is 21.7. The van der Waals surface area contributed by atoms with Crippen molar-refractivity contribution in [2.24, 2.45) is 4.99 Å². The van der Waals surface area contributed by atoms with E-state index in [-0.39, 0.29) is 6.67 Å². The molecule has 0 radical (unpaired) electrons. The van der Waals surface area contributed by atoms with Crippen molar-refractivity contribution in [3.8, 4) is 0 Å². The monoisotopic (exact) mass is 369 g/mol. The second-order valence-corrected chi connectivity index (χ2v) is 6.91. The zero-order valence-electron chi connectivity index (χ0n) is 14.5. The molecule has 1 fully saturated rings. The smallest absolute Gasteiger partial charge is 0.287 e. The van der Waals surface area contributed by atoms with Crippen LogP contribution in [0.5, 0.6) is 0 Å². The standard InChI is InChI=1S/C17H16FN7O2/c1-26-17(6-7-17)15-20-16(21-27-15)24-9-19-14-11-4-2-3-5-12(11)23-10-22(18)8-13(23)25(14)24/h2-5,8H,6-7,9-10H2,1H3. The van der Waals surface area contributed by atoms with Crippen LogP contribution in [0.3, 0.4) is 0 Å². The minimum Gasteiger partial charge on any atom is -0.368 e. The molecule has 9 nitrogen and oxygen atoms in total. The summed E-state index contributed by atoms with van der Waals surface area (Å²) in [5.41, 5.74) is 1.40. The second kappa shape index (κ2) is 4.97. The van der Waals surface area contributed by atoms with Crippen molar-refractivity contribution in [3.05, 3.63) is 47.7 Å². The van der Waals surface area contributed by atoms with Gasteiger partial charge < -0.3 is 14.2 Å². The lowest BCUT2D eigenvalue weighted by Gasteiger charge is -2.39. The maximum atomic E-state index is 14.1. The number of methoxy groups -OCH3 is 1. The van der Waals surface area contributed by atoms with Crippen LogP contribution in [0.2, 0.25) is 0 Å². The number of para-hydroxylation sites is 1. The number of aromatic nitrogens is 2. The molecule has 0 bridgehead atoms. The average Bonchev–Trinajstić information content (AvgIpc) is 3.03. The van der Waals surface area contributed by atoms with Crippen LogP contribution in [0, 0.1) is 0 Å². The number of fused-ring (bicyclic) bond motifs is 6. The predicted octanol–water partition coefficient (Wildman–Crippen LogP) is 1.92. The van der Waals surface area contributed by atoms with Gasteiger partial charge in [0.2, 0.25) is 0 Å². The van der Waals surface area contributed by atoms with Gasteiger partial charge in [-0.25, -0.2) is 15.0 Å². The van der Waals surface area contributed by atoms with Gasteiger partial charge in [0, 0.05) is 12.7 Å². The molecule has 0 unspecified atom stereocenters. The summed E-state index contributed by atoms with van der Waals surface area (Å²) in [5.74, 6) is 2.24. The van der Waals surface area contributed by atoms with E-state index in [1.165, 1.54) is 6.20 Å². The molecule has 2 aromatic rings. The third kappa shape index (κ3) is 1.93. The van der Waals surface area contributed by atoms with E-state index < -0.39 is 5.60 Å². The molecule has 0 atom stereocenters. The van der Waals surface area contributed by atoms with Crippen molar-refractivity contribution < 1.29 is 13.7 Å². The Morgan fingerprint density at radius 2 is 2.11 bits per heavy atom. The number of nitrogens with zero attached hydrogens (tertiary/aromatic N) is 7. The van der Waals surface area contributed by atoms with Crippen LogP contribution in [-0.2, 0) is 10.3 Å². The number of ether oxygens (including phenoxy) is 1. The van der Waals surface area contributed by atoms with Crippen molar-refractivity contribution in [2.45, 2.75) is 18.4 Å². The first kappa shape index (κ1) is 15.0. The van der Waals surface area contributed by atoms with E-state index in [1.54, 1.807) is 12.1 Å². The molecule has 1 saturated carbocycles. The summed E-state index contributed by atoms with van der Waals surface area (Å²) in [6.45, 7) is 0.439. The van der Waals surface area contributed by atoms with Gasteiger partial charge in [0.1, 0.15) is 18.9 Å². The Bertz CT molecular complexity index is 999. The van der Waals surface area contributed by atoms with E-state index >= 15 is 0 Å². The molecule has 4 aliphatic rings. The fraction of sp³-hybridized carbons (Fsp3) is 0.353. The fourth-order valence-corrected chi connectivity index (χ4v) is 3.80. The number of rotatable bonds is 3. The van der Waals surface area contributed by atoms with Crippen molar-refractivity contribution >= 4 is 17.5 Å². The number of anilines is 2. The Labute approximate surface area is 153 Å². The van der Waals surface area contributed by atoms with Crippen molar-refractivity contribution in [1.82, 2.24) is 20.3 Å². The molecule has 138 valence electrons. The van der Waals surface area contributed by atoms with Crippen LogP contribution in [0.15, 0.2) is 45.8 Å². The third-order valence-electron chi connectivity index (χ3n) is 5.39. The largest absolute Gasteiger partial charge is 0.368 e. The number of amidine groups is 1. The zero-order valence-corrected chi connectivity index (χ0v) is 14.5. The van der Waals surface area contributed by atoms with E-state index in [0.717, 1.165) is 29.9 Å². The maximum absolute atomic E-state index is 14.1. The Balaban J connectivity index is 1.42. The summed E-state index contributed by atoms with van der Waals surface area (Å²) in [4.78, 5) is 11.1. The molecule has 4 heterocycles. The highest BCUT2D eigenvalue weighted by molar-refractivity contribution is 6.08. The van der Waals surface area contributed by atoms with Crippen molar-refractivity contribution in [2.75, 3.05) is 30.4 Å². The van der Waals surface area contributed by atoms with Gasteiger partial charge in [-0.1, -0.05) is 16.6 Å². The number of hydrazine groups is 1. The molecule has 0 spiro atoms. The maximum Gasteiger partial charge on any atom is 0.287 e. The van der Waals surface area contributed by atoms with Crippen LogP contribution in [0.1, 0.15) is 24.3 Å². The van der Waals surface area contributed by atoms with Crippen LogP contribution in [-0.4, -0.2) is 46.6 Å². The predicted molar refractivity (Wildman–Crippen MR) is 92.8 cm³/mol. The number of benzene rings is 1. The summed E-state index contributed by atoms with van der Waals surface area (Å²) in [6, 6.07) is 7.83. The highest BCUT2D eigenvalue weighted by Crippen LogP contribution is 2.48. The highest BCUT2D eigenvalue weighted by Gasteiger charge is 2.51. The van der Waals surface area contributed by atoms with Gasteiger partial charge in [0.25, 0.3) is 11.8 Å². The zero-order chi connectivity index (χ0) is 18.2. The summed E-state index contributed by atoms with van der Waals surface area (Å²) in [7, 11) is 1.65. The third-order valence-corrected chi connectivity index (χ3v) is 5.39. The van der Waals surface area contributed by atoms with Crippen LogP contribution in [0.25, 0.3) is 0 Å². The SMILES string of the molecule is COC1(c2nc(N3CN=C4c5ccccc5N5CN(F)C=C5N43)no2)CC1. The van der Waals surface area contributed by atoms with Crippen molar-refractivity contribution in [1.29, 1.82) is 0 Å². The summed E-state index contributed by atoms with van der Waals surface area (Å²) in [6.07, 6.45) is 3.17. The first-order chi connectivity index (χ1) is 13.2. The molecule has 0 amide bonds. The van der Waals surface area contributed by atoms with E-state index in [2.05, 4.69) is 15.1 Å². The lowest BCUT2D eigenvalue weighted by molar-refractivity contribution is 0.0492.